The van der Waals surface area contributed by atoms with Crippen molar-refractivity contribution in [2.24, 2.45) is 10.7 Å². The monoisotopic (exact) mass is 396 g/mol. The molecule has 0 saturated carbocycles. The number of nitrogens with zero attached hydrogens (tertiary/aromatic N) is 3. The highest BCUT2D eigenvalue weighted by Crippen LogP contribution is 2.44. The highest BCUT2D eigenvalue weighted by molar-refractivity contribution is 9.10. The smallest absolute Gasteiger partial charge is 0.239 e. The molecule has 1 aliphatic rings. The van der Waals surface area contributed by atoms with Gasteiger partial charge in [0.25, 0.3) is 0 Å². The van der Waals surface area contributed by atoms with Gasteiger partial charge >= 0.3 is 0 Å². The minimum Gasteiger partial charge on any atom is -0.369 e. The Hall–Kier alpha value is -2.65. The van der Waals surface area contributed by atoms with Crippen LogP contribution in [0, 0.1) is 11.3 Å². The summed E-state index contributed by atoms with van der Waals surface area (Å²) in [6.07, 6.45) is 0. The maximum absolute atomic E-state index is 13.1. The van der Waals surface area contributed by atoms with Crippen molar-refractivity contribution >= 4 is 27.8 Å². The van der Waals surface area contributed by atoms with Gasteiger partial charge in [0.2, 0.25) is 5.91 Å². The second kappa shape index (κ2) is 6.34. The molecule has 0 aliphatic carbocycles. The van der Waals surface area contributed by atoms with Crippen LogP contribution < -0.4 is 5.73 Å². The molecule has 126 valence electrons. The zero-order chi connectivity index (χ0) is 18.2. The van der Waals surface area contributed by atoms with Crippen LogP contribution in [0.1, 0.15) is 29.5 Å². The lowest BCUT2D eigenvalue weighted by Gasteiger charge is -2.41. The number of carbonyl (C=O) groups excluding carboxylic acids is 1. The molecule has 0 saturated heterocycles. The number of benzene rings is 2. The van der Waals surface area contributed by atoms with Crippen LogP contribution in [0.3, 0.4) is 0 Å². The van der Waals surface area contributed by atoms with Crippen LogP contribution in [-0.4, -0.2) is 23.8 Å². The van der Waals surface area contributed by atoms with Crippen LogP contribution in [0.2, 0.25) is 0 Å². The maximum atomic E-state index is 13.1. The molecule has 2 aromatic carbocycles. The highest BCUT2D eigenvalue weighted by Gasteiger charge is 2.47. The second-order valence-electron chi connectivity index (χ2n) is 6.19. The Labute approximate surface area is 154 Å². The van der Waals surface area contributed by atoms with Gasteiger partial charge in [-0.1, -0.05) is 40.2 Å². The molecule has 1 heterocycles. The molecule has 0 spiro atoms. The van der Waals surface area contributed by atoms with Gasteiger partial charge in [0.1, 0.15) is 5.54 Å². The molecule has 1 amide bonds. The summed E-state index contributed by atoms with van der Waals surface area (Å²) in [5.74, 6) is -0.491. The van der Waals surface area contributed by atoms with Crippen LogP contribution in [0.25, 0.3) is 0 Å². The van der Waals surface area contributed by atoms with Crippen LogP contribution in [-0.2, 0) is 10.3 Å². The van der Waals surface area contributed by atoms with Gasteiger partial charge in [-0.25, -0.2) is 4.99 Å². The number of carbonyl (C=O) groups is 1. The summed E-state index contributed by atoms with van der Waals surface area (Å²) in [6.45, 7) is 1.88. The van der Waals surface area contributed by atoms with E-state index in [4.69, 9.17) is 5.73 Å². The number of rotatable bonds is 2. The summed E-state index contributed by atoms with van der Waals surface area (Å²) in [6, 6.07) is 16.9. The van der Waals surface area contributed by atoms with E-state index in [1.54, 1.807) is 25.2 Å². The molecule has 2 aromatic rings. The maximum Gasteiger partial charge on any atom is 0.239 e. The number of halogens is 1. The van der Waals surface area contributed by atoms with Crippen molar-refractivity contribution < 1.29 is 4.79 Å². The van der Waals surface area contributed by atoms with E-state index in [0.717, 1.165) is 15.6 Å². The van der Waals surface area contributed by atoms with Crippen LogP contribution in [0.4, 0.5) is 0 Å². The van der Waals surface area contributed by atoms with E-state index >= 15 is 0 Å². The van der Waals surface area contributed by atoms with Crippen molar-refractivity contribution in [1.82, 2.24) is 4.90 Å². The Bertz CT molecular complexity index is 900. The lowest BCUT2D eigenvalue weighted by atomic mass is 9.74. The quantitative estimate of drug-likeness (QED) is 0.846. The van der Waals surface area contributed by atoms with E-state index in [2.05, 4.69) is 27.0 Å². The molecule has 0 aromatic heterocycles. The van der Waals surface area contributed by atoms with E-state index in [1.165, 1.54) is 4.90 Å². The van der Waals surface area contributed by atoms with Gasteiger partial charge in [-0.3, -0.25) is 9.69 Å². The van der Waals surface area contributed by atoms with Crippen LogP contribution in [0.15, 0.2) is 58.0 Å². The number of hydrogen-bond acceptors (Lipinski definition) is 4. The Balaban J connectivity index is 2.23. The average molecular weight is 397 g/mol. The predicted molar refractivity (Wildman–Crippen MR) is 99.8 cm³/mol. The summed E-state index contributed by atoms with van der Waals surface area (Å²) in [5, 5.41) is 9.21. The average Bonchev–Trinajstić information content (AvgIpc) is 2.61. The minimum atomic E-state index is -0.894. The summed E-state index contributed by atoms with van der Waals surface area (Å²) >= 11 is 3.42. The lowest BCUT2D eigenvalue weighted by Crippen LogP contribution is -2.52. The summed E-state index contributed by atoms with van der Waals surface area (Å²) in [7, 11) is 1.62. The molecular weight excluding hydrogens is 380 g/mol. The largest absolute Gasteiger partial charge is 0.369 e. The summed E-state index contributed by atoms with van der Waals surface area (Å²) in [4.78, 5) is 19.1. The number of amides is 1. The third kappa shape index (κ3) is 2.92. The Morgan fingerprint density at radius 1 is 1.28 bits per heavy atom. The van der Waals surface area contributed by atoms with Gasteiger partial charge in [-0.05, 0) is 42.3 Å². The van der Waals surface area contributed by atoms with Crippen molar-refractivity contribution in [1.29, 1.82) is 5.26 Å². The Morgan fingerprint density at radius 2 is 1.96 bits per heavy atom. The van der Waals surface area contributed by atoms with Gasteiger partial charge in [-0.2, -0.15) is 5.26 Å². The van der Waals surface area contributed by atoms with Crippen molar-refractivity contribution in [2.75, 3.05) is 7.05 Å². The Morgan fingerprint density at radius 3 is 2.60 bits per heavy atom. The molecule has 1 aliphatic heterocycles. The SMILES string of the molecule is CN1C(=O)[C@H](c2ccc(Br)cc2)[C@@](C)(c2cccc(C#N)c2)N=C1N. The number of nitriles is 1. The number of aliphatic imine (C=N–C) groups is 1. The molecule has 2 atom stereocenters. The Kier molecular flexibility index (Phi) is 4.36. The predicted octanol–water partition coefficient (Wildman–Crippen LogP) is 3.11. The molecule has 2 N–H and O–H groups in total. The van der Waals surface area contributed by atoms with Crippen LogP contribution in [0.5, 0.6) is 0 Å². The van der Waals surface area contributed by atoms with Gasteiger partial charge in [0.15, 0.2) is 5.96 Å². The molecule has 3 rings (SSSR count). The zero-order valence-corrected chi connectivity index (χ0v) is 15.5. The molecule has 5 nitrogen and oxygen atoms in total. The number of likely N-dealkylation sites (N-methyl/N-ethyl adjacent to an activating group) is 1. The number of nitrogens with two attached hydrogens (primary N) is 1. The van der Waals surface area contributed by atoms with Crippen molar-refractivity contribution in [3.05, 3.63) is 69.7 Å². The molecule has 0 bridgehead atoms. The van der Waals surface area contributed by atoms with E-state index in [9.17, 15) is 10.1 Å². The normalized spacial score (nSPS) is 23.1. The fourth-order valence-electron chi connectivity index (χ4n) is 3.18. The van der Waals surface area contributed by atoms with Crippen molar-refractivity contribution in [3.8, 4) is 6.07 Å². The van der Waals surface area contributed by atoms with E-state index in [1.807, 2.05) is 37.3 Å². The molecule has 25 heavy (non-hydrogen) atoms. The fraction of sp³-hybridized carbons (Fsp3) is 0.211. The third-order valence-corrected chi connectivity index (χ3v) is 5.14. The fourth-order valence-corrected chi connectivity index (χ4v) is 3.45. The van der Waals surface area contributed by atoms with Gasteiger partial charge in [-0.15, -0.1) is 0 Å². The molecule has 6 heteroatoms. The highest BCUT2D eigenvalue weighted by atomic mass is 79.9. The number of hydrogen-bond donors (Lipinski definition) is 1. The van der Waals surface area contributed by atoms with Gasteiger partial charge in [0.05, 0.1) is 17.6 Å². The molecule has 0 radical (unpaired) electrons. The summed E-state index contributed by atoms with van der Waals surface area (Å²) < 4.78 is 0.934. The first kappa shape index (κ1) is 17.2. The minimum absolute atomic E-state index is 0.125. The van der Waals surface area contributed by atoms with Crippen molar-refractivity contribution in [2.45, 2.75) is 18.4 Å². The zero-order valence-electron chi connectivity index (χ0n) is 13.9. The molecule has 0 unspecified atom stereocenters. The second-order valence-corrected chi connectivity index (χ2v) is 7.11. The standard InChI is InChI=1S/C19H17BrN4O/c1-19(14-5-3-4-12(10-14)11-21)16(13-6-8-15(20)9-7-13)17(25)24(2)18(22)23-19/h3-10,16H,1-2H3,(H2,22,23)/t16-,19+/m0/s1. The van der Waals surface area contributed by atoms with Crippen molar-refractivity contribution in [3.63, 3.8) is 0 Å². The first-order valence-electron chi connectivity index (χ1n) is 7.76. The van der Waals surface area contributed by atoms with Crippen LogP contribution >= 0.6 is 15.9 Å². The first-order valence-corrected chi connectivity index (χ1v) is 8.55. The molecule has 0 fully saturated rings. The first-order chi connectivity index (χ1) is 11.9. The van der Waals surface area contributed by atoms with E-state index in [0.29, 0.717) is 5.56 Å². The topological polar surface area (TPSA) is 82.5 Å². The van der Waals surface area contributed by atoms with E-state index in [-0.39, 0.29) is 11.9 Å². The third-order valence-electron chi connectivity index (χ3n) is 4.61. The summed E-state index contributed by atoms with van der Waals surface area (Å²) in [5.41, 5.74) is 7.26. The van der Waals surface area contributed by atoms with E-state index < -0.39 is 11.5 Å². The molecular formula is C19H17BrN4O. The van der Waals surface area contributed by atoms with Gasteiger partial charge in [0, 0.05) is 11.5 Å². The number of guanidine groups is 1. The van der Waals surface area contributed by atoms with Gasteiger partial charge < -0.3 is 5.73 Å². The lowest BCUT2D eigenvalue weighted by molar-refractivity contribution is -0.130.